The molecule has 1 heteroatoms. The summed E-state index contributed by atoms with van der Waals surface area (Å²) < 4.78 is 5.09. The molecule has 78 valence electrons. The normalized spacial score (nSPS) is 12.8. The topological polar surface area (TPSA) is 9.23 Å². The molecule has 1 nitrogen and oxygen atoms in total. The summed E-state index contributed by atoms with van der Waals surface area (Å²) in [5.74, 6) is 0.795. The summed E-state index contributed by atoms with van der Waals surface area (Å²) >= 11 is 0. The summed E-state index contributed by atoms with van der Waals surface area (Å²) in [5.41, 5.74) is 0. The lowest BCUT2D eigenvalue weighted by Crippen LogP contribution is -2.03. The van der Waals surface area contributed by atoms with E-state index in [1.54, 1.807) is 7.11 Å². The molecule has 0 aromatic carbocycles. The van der Waals surface area contributed by atoms with Gasteiger partial charge in [0.25, 0.3) is 0 Å². The van der Waals surface area contributed by atoms with Crippen molar-refractivity contribution in [1.29, 1.82) is 0 Å². The van der Waals surface area contributed by atoms with E-state index >= 15 is 0 Å². The monoisotopic (exact) mass is 184 g/mol. The second-order valence-electron chi connectivity index (χ2n) is 3.67. The van der Waals surface area contributed by atoms with Gasteiger partial charge in [0, 0.05) is 13.7 Å². The third-order valence-corrected chi connectivity index (χ3v) is 2.45. The van der Waals surface area contributed by atoms with Crippen LogP contribution < -0.4 is 0 Å². The van der Waals surface area contributed by atoms with Crippen LogP contribution in [0.15, 0.2) is 12.7 Å². The Labute approximate surface area is 83.2 Å². The third kappa shape index (κ3) is 8.04. The van der Waals surface area contributed by atoms with Gasteiger partial charge in [-0.05, 0) is 18.8 Å². The molecule has 0 amide bonds. The van der Waals surface area contributed by atoms with Gasteiger partial charge in [0.1, 0.15) is 0 Å². The van der Waals surface area contributed by atoms with Crippen LogP contribution in [0.25, 0.3) is 0 Å². The van der Waals surface area contributed by atoms with Crippen LogP contribution in [0, 0.1) is 5.92 Å². The van der Waals surface area contributed by atoms with E-state index in [0.717, 1.165) is 18.9 Å². The Bertz CT molecular complexity index is 110. The van der Waals surface area contributed by atoms with Crippen molar-refractivity contribution in [3.8, 4) is 0 Å². The second-order valence-corrected chi connectivity index (χ2v) is 3.67. The van der Waals surface area contributed by atoms with Gasteiger partial charge in [0.05, 0.1) is 0 Å². The van der Waals surface area contributed by atoms with Crippen molar-refractivity contribution in [2.45, 2.75) is 45.4 Å². The first kappa shape index (κ1) is 12.7. The minimum Gasteiger partial charge on any atom is -0.385 e. The lowest BCUT2D eigenvalue weighted by molar-refractivity contribution is 0.174. The molecular weight excluding hydrogens is 160 g/mol. The highest BCUT2D eigenvalue weighted by atomic mass is 16.5. The van der Waals surface area contributed by atoms with Gasteiger partial charge in [-0.1, -0.05) is 38.7 Å². The van der Waals surface area contributed by atoms with Gasteiger partial charge < -0.3 is 4.74 Å². The van der Waals surface area contributed by atoms with Gasteiger partial charge in [-0.15, -0.1) is 6.58 Å². The van der Waals surface area contributed by atoms with Crippen LogP contribution in [0.5, 0.6) is 0 Å². The molecule has 0 aromatic rings. The molecule has 0 saturated heterocycles. The summed E-state index contributed by atoms with van der Waals surface area (Å²) in [6.07, 6.45) is 9.74. The van der Waals surface area contributed by atoms with E-state index in [1.165, 1.54) is 32.1 Å². The van der Waals surface area contributed by atoms with E-state index in [9.17, 15) is 0 Å². The van der Waals surface area contributed by atoms with Crippen molar-refractivity contribution in [1.82, 2.24) is 0 Å². The van der Waals surface area contributed by atoms with Crippen LogP contribution in [-0.2, 0) is 4.74 Å². The van der Waals surface area contributed by atoms with Crippen LogP contribution in [-0.4, -0.2) is 13.7 Å². The lowest BCUT2D eigenvalue weighted by Gasteiger charge is -2.13. The Balaban J connectivity index is 3.47. The van der Waals surface area contributed by atoms with Crippen LogP contribution in [0.3, 0.4) is 0 Å². The van der Waals surface area contributed by atoms with E-state index < -0.39 is 0 Å². The van der Waals surface area contributed by atoms with Crippen molar-refractivity contribution in [3.63, 3.8) is 0 Å². The molecule has 0 spiro atoms. The fourth-order valence-electron chi connectivity index (χ4n) is 1.58. The Hall–Kier alpha value is -0.300. The molecule has 0 aliphatic heterocycles. The minimum atomic E-state index is 0.795. The van der Waals surface area contributed by atoms with E-state index in [-0.39, 0.29) is 0 Å². The molecule has 13 heavy (non-hydrogen) atoms. The van der Waals surface area contributed by atoms with Crippen LogP contribution in [0.4, 0.5) is 0 Å². The first-order chi connectivity index (χ1) is 6.35. The first-order valence-electron chi connectivity index (χ1n) is 5.45. The zero-order valence-electron chi connectivity index (χ0n) is 9.22. The summed E-state index contributed by atoms with van der Waals surface area (Å²) in [6, 6.07) is 0. The van der Waals surface area contributed by atoms with Crippen LogP contribution in [0.1, 0.15) is 45.4 Å². The highest BCUT2D eigenvalue weighted by molar-refractivity contribution is 4.73. The average Bonchev–Trinajstić information content (AvgIpc) is 2.14. The number of hydrogen-bond acceptors (Lipinski definition) is 1. The molecule has 0 saturated carbocycles. The van der Waals surface area contributed by atoms with Gasteiger partial charge in [-0.2, -0.15) is 0 Å². The molecule has 1 atom stereocenters. The molecule has 0 aromatic heterocycles. The minimum absolute atomic E-state index is 0.795. The molecule has 0 aliphatic rings. The van der Waals surface area contributed by atoms with Crippen molar-refractivity contribution in [3.05, 3.63) is 12.7 Å². The fourth-order valence-corrected chi connectivity index (χ4v) is 1.58. The Morgan fingerprint density at radius 1 is 1.31 bits per heavy atom. The molecule has 0 aliphatic carbocycles. The maximum Gasteiger partial charge on any atom is 0.0465 e. The molecule has 0 rings (SSSR count). The second kappa shape index (κ2) is 9.79. The maximum atomic E-state index is 5.09. The third-order valence-electron chi connectivity index (χ3n) is 2.45. The highest BCUT2D eigenvalue weighted by Gasteiger charge is 2.05. The van der Waals surface area contributed by atoms with Crippen molar-refractivity contribution in [2.75, 3.05) is 13.7 Å². The van der Waals surface area contributed by atoms with Crippen molar-refractivity contribution >= 4 is 0 Å². The molecular formula is C12H24O. The molecule has 0 radical (unpaired) electrons. The maximum absolute atomic E-state index is 5.09. The number of hydrogen-bond donors (Lipinski definition) is 0. The Kier molecular flexibility index (Phi) is 9.56. The predicted octanol–water partition coefficient (Wildman–Crippen LogP) is 3.80. The van der Waals surface area contributed by atoms with Gasteiger partial charge >= 0.3 is 0 Å². The summed E-state index contributed by atoms with van der Waals surface area (Å²) in [4.78, 5) is 0. The van der Waals surface area contributed by atoms with Gasteiger partial charge in [-0.3, -0.25) is 0 Å². The van der Waals surface area contributed by atoms with Gasteiger partial charge in [-0.25, -0.2) is 0 Å². The van der Waals surface area contributed by atoms with Crippen LogP contribution in [0.2, 0.25) is 0 Å². The van der Waals surface area contributed by atoms with Gasteiger partial charge in [0.2, 0.25) is 0 Å². The lowest BCUT2D eigenvalue weighted by atomic mass is 9.95. The Morgan fingerprint density at radius 2 is 2.08 bits per heavy atom. The summed E-state index contributed by atoms with van der Waals surface area (Å²) in [6.45, 7) is 6.94. The largest absolute Gasteiger partial charge is 0.385 e. The van der Waals surface area contributed by atoms with E-state index in [0.29, 0.717) is 0 Å². The Morgan fingerprint density at radius 3 is 2.62 bits per heavy atom. The van der Waals surface area contributed by atoms with E-state index in [2.05, 4.69) is 13.5 Å². The molecule has 1 unspecified atom stereocenters. The van der Waals surface area contributed by atoms with E-state index in [1.807, 2.05) is 6.08 Å². The van der Waals surface area contributed by atoms with Crippen molar-refractivity contribution in [2.24, 2.45) is 5.92 Å². The fraction of sp³-hybridized carbons (Fsp3) is 0.833. The first-order valence-corrected chi connectivity index (χ1v) is 5.45. The van der Waals surface area contributed by atoms with Crippen LogP contribution >= 0.6 is 0 Å². The SMILES string of the molecule is C=CCC(CCCCC)CCOC. The number of rotatable bonds is 9. The number of allylic oxidation sites excluding steroid dienone is 1. The average molecular weight is 184 g/mol. The summed E-state index contributed by atoms with van der Waals surface area (Å²) in [5, 5.41) is 0. The molecule has 0 fully saturated rings. The molecule has 0 bridgehead atoms. The van der Waals surface area contributed by atoms with Gasteiger partial charge in [0.15, 0.2) is 0 Å². The zero-order chi connectivity index (χ0) is 9.94. The number of ether oxygens (including phenoxy) is 1. The van der Waals surface area contributed by atoms with Crippen molar-refractivity contribution < 1.29 is 4.74 Å². The molecule has 0 heterocycles. The standard InChI is InChI=1S/C12H24O/c1-4-6-7-9-12(8-5-2)10-11-13-3/h5,12H,2,4,6-11H2,1,3H3. The van der Waals surface area contributed by atoms with E-state index in [4.69, 9.17) is 4.74 Å². The predicted molar refractivity (Wildman–Crippen MR) is 58.9 cm³/mol. The quantitative estimate of drug-likeness (QED) is 0.391. The summed E-state index contributed by atoms with van der Waals surface area (Å²) in [7, 11) is 1.77. The molecule has 0 N–H and O–H groups in total. The zero-order valence-corrected chi connectivity index (χ0v) is 9.22. The highest BCUT2D eigenvalue weighted by Crippen LogP contribution is 2.17. The smallest absolute Gasteiger partial charge is 0.0465 e. The number of methoxy groups -OCH3 is 1. The number of unbranched alkanes of at least 4 members (excludes halogenated alkanes) is 2.